The van der Waals surface area contributed by atoms with E-state index in [1.54, 1.807) is 6.21 Å². The summed E-state index contributed by atoms with van der Waals surface area (Å²) in [5.41, 5.74) is 14.3. The predicted molar refractivity (Wildman–Crippen MR) is 158 cm³/mol. The highest BCUT2D eigenvalue weighted by Gasteiger charge is 2.17. The van der Waals surface area contributed by atoms with Crippen LogP contribution < -0.4 is 21.7 Å². The first kappa shape index (κ1) is 23.4. The van der Waals surface area contributed by atoms with E-state index < -0.39 is 0 Å². The number of nitrogens with two attached hydrogens (primary N) is 1. The van der Waals surface area contributed by atoms with Crippen molar-refractivity contribution in [3.05, 3.63) is 88.8 Å². The standard InChI is InChI=1S/C29H28N6S/c1-5-31-27-24(16-36-28(27)18(3)30)19(4)34-26-17(2)8-11-23-22(26)12-14-33-29(23)35-21-10-9-20-7-6-13-32-25(20)15-21/h5-12,14-16,32,34H,3-4,13,30H2,1-2H3,(H,33,35)/b31-5-. The van der Waals surface area contributed by atoms with Gasteiger partial charge in [0.2, 0.25) is 0 Å². The summed E-state index contributed by atoms with van der Waals surface area (Å²) in [4.78, 5) is 10.0. The van der Waals surface area contributed by atoms with Crippen molar-refractivity contribution in [2.24, 2.45) is 10.7 Å². The summed E-state index contributed by atoms with van der Waals surface area (Å²) in [6, 6.07) is 12.5. The molecule has 3 heterocycles. The lowest BCUT2D eigenvalue weighted by molar-refractivity contribution is 1.30. The second-order valence-electron chi connectivity index (χ2n) is 8.57. The summed E-state index contributed by atoms with van der Waals surface area (Å²) in [6.07, 6.45) is 7.83. The lowest BCUT2D eigenvalue weighted by Gasteiger charge is -2.18. The van der Waals surface area contributed by atoms with E-state index in [1.165, 1.54) is 16.9 Å². The molecule has 0 amide bonds. The zero-order valence-corrected chi connectivity index (χ0v) is 21.2. The van der Waals surface area contributed by atoms with Gasteiger partial charge in [-0.05, 0) is 43.2 Å². The Hall–Kier alpha value is -4.36. The smallest absolute Gasteiger partial charge is 0.138 e. The first-order valence-corrected chi connectivity index (χ1v) is 12.5. The SMILES string of the molecule is C=C(Nc1c(C)ccc2c(Nc3ccc4c(c3)NCC=C4)nccc12)c1csc(C(=C)N)c1/N=C\C. The molecule has 7 heteroatoms. The minimum atomic E-state index is 0.496. The topological polar surface area (TPSA) is 87.4 Å². The maximum Gasteiger partial charge on any atom is 0.138 e. The number of aliphatic imine (C=N–C) groups is 1. The van der Waals surface area contributed by atoms with Crippen LogP contribution in [-0.2, 0) is 0 Å². The van der Waals surface area contributed by atoms with Gasteiger partial charge in [-0.2, -0.15) is 0 Å². The maximum atomic E-state index is 6.00. The van der Waals surface area contributed by atoms with Crippen LogP contribution in [0.1, 0.15) is 28.5 Å². The molecule has 1 aliphatic rings. The van der Waals surface area contributed by atoms with Crippen molar-refractivity contribution >= 4 is 74.4 Å². The highest BCUT2D eigenvalue weighted by molar-refractivity contribution is 7.12. The van der Waals surface area contributed by atoms with Gasteiger partial charge in [0.1, 0.15) is 5.82 Å². The van der Waals surface area contributed by atoms with Gasteiger partial charge in [-0.15, -0.1) is 11.3 Å². The number of pyridine rings is 1. The molecule has 36 heavy (non-hydrogen) atoms. The summed E-state index contributed by atoms with van der Waals surface area (Å²) in [7, 11) is 0. The molecule has 0 aliphatic carbocycles. The Kier molecular flexibility index (Phi) is 6.31. The average molecular weight is 493 g/mol. The highest BCUT2D eigenvalue weighted by atomic mass is 32.1. The third kappa shape index (κ3) is 4.36. The van der Waals surface area contributed by atoms with E-state index in [1.807, 2.05) is 24.6 Å². The van der Waals surface area contributed by atoms with Gasteiger partial charge >= 0.3 is 0 Å². The summed E-state index contributed by atoms with van der Waals surface area (Å²) >= 11 is 1.52. The predicted octanol–water partition coefficient (Wildman–Crippen LogP) is 7.52. The molecule has 0 fully saturated rings. The molecule has 1 aliphatic heterocycles. The second-order valence-corrected chi connectivity index (χ2v) is 9.45. The van der Waals surface area contributed by atoms with Crippen molar-refractivity contribution < 1.29 is 0 Å². The quantitative estimate of drug-likeness (QED) is 0.200. The molecule has 5 rings (SSSR count). The number of fused-ring (bicyclic) bond motifs is 2. The van der Waals surface area contributed by atoms with Crippen molar-refractivity contribution in [2.45, 2.75) is 13.8 Å². The van der Waals surface area contributed by atoms with E-state index in [2.05, 4.69) is 88.5 Å². The van der Waals surface area contributed by atoms with Gasteiger partial charge in [0.05, 0.1) is 10.6 Å². The molecule has 0 saturated heterocycles. The number of aromatic nitrogens is 1. The van der Waals surface area contributed by atoms with Crippen molar-refractivity contribution in [2.75, 3.05) is 22.5 Å². The monoisotopic (exact) mass is 492 g/mol. The Labute approximate surface area is 215 Å². The van der Waals surface area contributed by atoms with E-state index in [4.69, 9.17) is 5.73 Å². The van der Waals surface area contributed by atoms with Crippen molar-refractivity contribution in [1.29, 1.82) is 0 Å². The van der Waals surface area contributed by atoms with Crippen molar-refractivity contribution in [1.82, 2.24) is 4.98 Å². The number of nitrogens with one attached hydrogen (secondary N) is 3. The fourth-order valence-electron chi connectivity index (χ4n) is 4.32. The molecule has 0 spiro atoms. The Morgan fingerprint density at radius 3 is 2.86 bits per heavy atom. The zero-order chi connectivity index (χ0) is 25.2. The molecule has 2 aromatic carbocycles. The number of thiophene rings is 1. The van der Waals surface area contributed by atoms with Gasteiger partial charge in [-0.1, -0.05) is 43.5 Å². The molecular formula is C29H28N6S. The van der Waals surface area contributed by atoms with Crippen LogP contribution in [0.25, 0.3) is 28.2 Å². The highest BCUT2D eigenvalue weighted by Crippen LogP contribution is 2.40. The lowest BCUT2D eigenvalue weighted by Crippen LogP contribution is -2.05. The number of benzene rings is 2. The minimum Gasteiger partial charge on any atom is -0.398 e. The molecule has 0 unspecified atom stereocenters. The Morgan fingerprint density at radius 1 is 1.19 bits per heavy atom. The summed E-state index contributed by atoms with van der Waals surface area (Å²) in [5.74, 6) is 0.793. The van der Waals surface area contributed by atoms with Crippen LogP contribution in [0.5, 0.6) is 0 Å². The number of rotatable bonds is 7. The molecule has 6 nitrogen and oxygen atoms in total. The largest absolute Gasteiger partial charge is 0.398 e. The number of hydrogen-bond acceptors (Lipinski definition) is 7. The third-order valence-electron chi connectivity index (χ3n) is 6.09. The van der Waals surface area contributed by atoms with Crippen LogP contribution >= 0.6 is 11.3 Å². The summed E-state index contributed by atoms with van der Waals surface area (Å²) < 4.78 is 0. The van der Waals surface area contributed by atoms with Crippen LogP contribution in [0.4, 0.5) is 28.6 Å². The molecule has 180 valence electrons. The van der Waals surface area contributed by atoms with Crippen LogP contribution in [0.2, 0.25) is 0 Å². The fraction of sp³-hybridized carbons (Fsp3) is 0.103. The van der Waals surface area contributed by atoms with Gasteiger partial charge in [0.25, 0.3) is 0 Å². The minimum absolute atomic E-state index is 0.496. The van der Waals surface area contributed by atoms with Gasteiger partial charge < -0.3 is 21.7 Å². The average Bonchev–Trinajstić information content (AvgIpc) is 3.30. The van der Waals surface area contributed by atoms with E-state index in [0.29, 0.717) is 5.70 Å². The van der Waals surface area contributed by atoms with Crippen molar-refractivity contribution in [3.63, 3.8) is 0 Å². The maximum absolute atomic E-state index is 6.00. The van der Waals surface area contributed by atoms with E-state index >= 15 is 0 Å². The van der Waals surface area contributed by atoms with Crippen LogP contribution in [0.15, 0.2) is 72.2 Å². The first-order valence-electron chi connectivity index (χ1n) is 11.7. The molecule has 2 aromatic heterocycles. The summed E-state index contributed by atoms with van der Waals surface area (Å²) in [5, 5.41) is 14.5. The van der Waals surface area contributed by atoms with E-state index in [-0.39, 0.29) is 0 Å². The number of nitrogens with zero attached hydrogens (tertiary/aromatic N) is 2. The molecule has 5 N–H and O–H groups in total. The van der Waals surface area contributed by atoms with Gasteiger partial charge in [-0.25, -0.2) is 4.98 Å². The second kappa shape index (κ2) is 9.71. The van der Waals surface area contributed by atoms with E-state index in [9.17, 15) is 0 Å². The van der Waals surface area contributed by atoms with Crippen LogP contribution in [-0.4, -0.2) is 17.7 Å². The number of anilines is 4. The number of aryl methyl sites for hydroxylation is 1. The van der Waals surface area contributed by atoms with Gasteiger partial charge in [0, 0.05) is 69.1 Å². The van der Waals surface area contributed by atoms with Crippen LogP contribution in [0, 0.1) is 6.92 Å². The van der Waals surface area contributed by atoms with Crippen LogP contribution in [0.3, 0.4) is 0 Å². The normalized spacial score (nSPS) is 12.4. The summed E-state index contributed by atoms with van der Waals surface area (Å²) in [6.45, 7) is 13.0. The lowest BCUT2D eigenvalue weighted by atomic mass is 10.0. The van der Waals surface area contributed by atoms with Gasteiger partial charge in [-0.3, -0.25) is 4.99 Å². The fourth-order valence-corrected chi connectivity index (χ4v) is 5.24. The van der Waals surface area contributed by atoms with Crippen molar-refractivity contribution in [3.8, 4) is 0 Å². The molecule has 4 aromatic rings. The molecule has 0 atom stereocenters. The zero-order valence-electron chi connectivity index (χ0n) is 20.4. The molecule has 0 bridgehead atoms. The molecular weight excluding hydrogens is 464 g/mol. The van der Waals surface area contributed by atoms with E-state index in [0.717, 1.165) is 67.6 Å². The number of hydrogen-bond donors (Lipinski definition) is 4. The third-order valence-corrected chi connectivity index (χ3v) is 7.14. The molecule has 0 saturated carbocycles. The molecule has 0 radical (unpaired) electrons. The van der Waals surface area contributed by atoms with Gasteiger partial charge in [0.15, 0.2) is 0 Å². The Balaban J connectivity index is 1.50. The first-order chi connectivity index (χ1) is 17.5. The Morgan fingerprint density at radius 2 is 2.06 bits per heavy atom. The Bertz CT molecular complexity index is 1560.